The van der Waals surface area contributed by atoms with E-state index in [1.807, 2.05) is 36.4 Å². The molecule has 2 amide bonds. The maximum atomic E-state index is 12.5. The van der Waals surface area contributed by atoms with E-state index in [9.17, 15) is 19.5 Å². The van der Waals surface area contributed by atoms with E-state index in [0.717, 1.165) is 22.3 Å². The van der Waals surface area contributed by atoms with Crippen LogP contribution in [0.3, 0.4) is 0 Å². The molecule has 0 unspecified atom stereocenters. The highest BCUT2D eigenvalue weighted by Crippen LogP contribution is 2.44. The molecule has 2 aromatic carbocycles. The lowest BCUT2D eigenvalue weighted by atomic mass is 9.98. The van der Waals surface area contributed by atoms with E-state index in [-0.39, 0.29) is 18.9 Å². The smallest absolute Gasteiger partial charge is 0.407 e. The van der Waals surface area contributed by atoms with Crippen LogP contribution in [-0.2, 0) is 14.3 Å². The van der Waals surface area contributed by atoms with Crippen LogP contribution >= 0.6 is 0 Å². The number of alkyl carbamates (subject to hydrolysis) is 2. The molecule has 0 aliphatic heterocycles. The molecule has 35 heavy (non-hydrogen) atoms. The number of rotatable bonds is 10. The van der Waals surface area contributed by atoms with Crippen LogP contribution < -0.4 is 10.6 Å². The van der Waals surface area contributed by atoms with Crippen LogP contribution in [0.2, 0.25) is 0 Å². The van der Waals surface area contributed by atoms with Gasteiger partial charge in [0.2, 0.25) is 0 Å². The van der Waals surface area contributed by atoms with Crippen molar-refractivity contribution in [3.63, 3.8) is 0 Å². The summed E-state index contributed by atoms with van der Waals surface area (Å²) in [4.78, 5) is 35.5. The van der Waals surface area contributed by atoms with E-state index in [4.69, 9.17) is 9.47 Å². The van der Waals surface area contributed by atoms with E-state index in [2.05, 4.69) is 22.8 Å². The van der Waals surface area contributed by atoms with Crippen LogP contribution in [0.1, 0.15) is 63.5 Å². The molecule has 1 aliphatic carbocycles. The highest BCUT2D eigenvalue weighted by molar-refractivity contribution is 5.79. The highest BCUT2D eigenvalue weighted by atomic mass is 16.6. The number of hydrogen-bond donors (Lipinski definition) is 3. The van der Waals surface area contributed by atoms with Gasteiger partial charge in [0.1, 0.15) is 12.2 Å². The van der Waals surface area contributed by atoms with Gasteiger partial charge in [-0.3, -0.25) is 4.79 Å². The molecule has 1 atom stereocenters. The summed E-state index contributed by atoms with van der Waals surface area (Å²) in [6, 6.07) is 15.6. The Balaban J connectivity index is 1.47. The van der Waals surface area contributed by atoms with Crippen molar-refractivity contribution in [1.82, 2.24) is 10.6 Å². The van der Waals surface area contributed by atoms with Gasteiger partial charge in [0.15, 0.2) is 0 Å². The molecule has 0 aromatic heterocycles. The second-order valence-corrected chi connectivity index (χ2v) is 9.69. The fourth-order valence-corrected chi connectivity index (χ4v) is 4.26. The van der Waals surface area contributed by atoms with Crippen LogP contribution in [-0.4, -0.2) is 48.1 Å². The van der Waals surface area contributed by atoms with Crippen LogP contribution in [0.15, 0.2) is 48.5 Å². The molecule has 0 heterocycles. The molecular weight excluding hydrogens is 448 g/mol. The third-order valence-corrected chi connectivity index (χ3v) is 5.73. The summed E-state index contributed by atoms with van der Waals surface area (Å²) in [5, 5.41) is 14.6. The van der Waals surface area contributed by atoms with E-state index < -0.39 is 29.8 Å². The maximum absolute atomic E-state index is 12.5. The number of unbranched alkanes of at least 4 members (excludes halogenated alkanes) is 1. The zero-order valence-electron chi connectivity index (χ0n) is 20.5. The molecule has 0 radical (unpaired) electrons. The van der Waals surface area contributed by atoms with Crippen molar-refractivity contribution >= 4 is 18.2 Å². The minimum absolute atomic E-state index is 0.0648. The SMILES string of the molecule is CC(C)(C)OC(=O)NCCCC[C@H](CC(=O)O)NC(=O)OCC1c2ccccc2-c2ccccc21. The first kappa shape index (κ1) is 26.1. The molecular formula is C27H34N2O6. The molecule has 2 aromatic rings. The largest absolute Gasteiger partial charge is 0.481 e. The Morgan fingerprint density at radius 1 is 0.943 bits per heavy atom. The molecule has 0 saturated heterocycles. The van der Waals surface area contributed by atoms with Gasteiger partial charge < -0.3 is 25.2 Å². The minimum Gasteiger partial charge on any atom is -0.481 e. The summed E-state index contributed by atoms with van der Waals surface area (Å²) in [6.07, 6.45) is 0.372. The Bertz CT molecular complexity index is 1000. The van der Waals surface area contributed by atoms with Crippen molar-refractivity contribution in [3.05, 3.63) is 59.7 Å². The third-order valence-electron chi connectivity index (χ3n) is 5.73. The number of aliphatic carboxylic acids is 1. The Morgan fingerprint density at radius 3 is 2.11 bits per heavy atom. The number of carboxylic acid groups (broad SMARTS) is 1. The van der Waals surface area contributed by atoms with Crippen molar-refractivity contribution in [2.45, 2.75) is 64.0 Å². The van der Waals surface area contributed by atoms with Crippen LogP contribution in [0.5, 0.6) is 0 Å². The minimum atomic E-state index is -0.999. The Morgan fingerprint density at radius 2 is 1.54 bits per heavy atom. The predicted octanol–water partition coefficient (Wildman–Crippen LogP) is 5.06. The van der Waals surface area contributed by atoms with E-state index in [1.54, 1.807) is 20.8 Å². The average Bonchev–Trinajstić information content (AvgIpc) is 3.09. The molecule has 1 aliphatic rings. The first-order valence-corrected chi connectivity index (χ1v) is 11.9. The number of carboxylic acids is 1. The van der Waals surface area contributed by atoms with Crippen molar-refractivity contribution < 1.29 is 29.0 Å². The molecule has 8 heteroatoms. The zero-order valence-corrected chi connectivity index (χ0v) is 20.5. The lowest BCUT2D eigenvalue weighted by molar-refractivity contribution is -0.137. The van der Waals surface area contributed by atoms with Gasteiger partial charge in [-0.25, -0.2) is 9.59 Å². The summed E-state index contributed by atoms with van der Waals surface area (Å²) >= 11 is 0. The van der Waals surface area contributed by atoms with Crippen LogP contribution in [0.25, 0.3) is 11.1 Å². The predicted molar refractivity (Wildman–Crippen MR) is 132 cm³/mol. The molecule has 0 spiro atoms. The number of carbonyl (C=O) groups is 3. The molecule has 0 bridgehead atoms. The second kappa shape index (κ2) is 11.7. The van der Waals surface area contributed by atoms with E-state index >= 15 is 0 Å². The monoisotopic (exact) mass is 482 g/mol. The maximum Gasteiger partial charge on any atom is 0.407 e. The first-order valence-electron chi connectivity index (χ1n) is 11.9. The number of fused-ring (bicyclic) bond motifs is 3. The summed E-state index contributed by atoms with van der Waals surface area (Å²) in [6.45, 7) is 5.94. The normalized spacial score (nSPS) is 13.3. The van der Waals surface area contributed by atoms with E-state index in [1.165, 1.54) is 0 Å². The number of hydrogen-bond acceptors (Lipinski definition) is 5. The average molecular weight is 483 g/mol. The van der Waals surface area contributed by atoms with Gasteiger partial charge in [-0.15, -0.1) is 0 Å². The van der Waals surface area contributed by atoms with Gasteiger partial charge in [0.05, 0.1) is 6.42 Å². The lowest BCUT2D eigenvalue weighted by Crippen LogP contribution is -2.37. The van der Waals surface area contributed by atoms with Crippen molar-refractivity contribution in [2.75, 3.05) is 13.2 Å². The first-order chi connectivity index (χ1) is 16.6. The quantitative estimate of drug-likeness (QED) is 0.408. The number of benzene rings is 2. The number of carbonyl (C=O) groups excluding carboxylic acids is 2. The summed E-state index contributed by atoms with van der Waals surface area (Å²) in [7, 11) is 0. The van der Waals surface area contributed by atoms with Crippen molar-refractivity contribution in [3.8, 4) is 11.1 Å². The fourth-order valence-electron chi connectivity index (χ4n) is 4.26. The molecule has 0 fully saturated rings. The summed E-state index contributed by atoms with van der Waals surface area (Å²) in [5.41, 5.74) is 3.94. The van der Waals surface area contributed by atoms with E-state index in [0.29, 0.717) is 25.8 Å². The Hall–Kier alpha value is -3.55. The fraction of sp³-hybridized carbons (Fsp3) is 0.444. The number of nitrogens with one attached hydrogen (secondary N) is 2. The highest BCUT2D eigenvalue weighted by Gasteiger charge is 2.29. The van der Waals surface area contributed by atoms with Gasteiger partial charge in [-0.1, -0.05) is 48.5 Å². The molecule has 188 valence electrons. The lowest BCUT2D eigenvalue weighted by Gasteiger charge is -2.20. The van der Waals surface area contributed by atoms with Gasteiger partial charge >= 0.3 is 18.2 Å². The molecule has 3 N–H and O–H groups in total. The standard InChI is InChI=1S/C27H34N2O6/c1-27(2,3)35-25(32)28-15-9-8-10-18(16-24(30)31)29-26(33)34-17-23-21-13-6-4-11-19(21)20-12-5-7-14-22(20)23/h4-7,11-14,18,23H,8-10,15-17H2,1-3H3,(H,28,32)(H,29,33)(H,30,31)/t18-/m1/s1. The van der Waals surface area contributed by atoms with Crippen LogP contribution in [0.4, 0.5) is 9.59 Å². The van der Waals surface area contributed by atoms with Crippen molar-refractivity contribution in [2.24, 2.45) is 0 Å². The Kier molecular flexibility index (Phi) is 8.73. The molecule has 8 nitrogen and oxygen atoms in total. The summed E-state index contributed by atoms with van der Waals surface area (Å²) < 4.78 is 10.7. The molecule has 3 rings (SSSR count). The third kappa shape index (κ3) is 7.73. The Labute approximate surface area is 206 Å². The number of amides is 2. The van der Waals surface area contributed by atoms with Gasteiger partial charge in [0, 0.05) is 18.5 Å². The second-order valence-electron chi connectivity index (χ2n) is 9.69. The summed E-state index contributed by atoms with van der Waals surface area (Å²) in [5.74, 6) is -1.06. The molecule has 0 saturated carbocycles. The number of ether oxygens (including phenoxy) is 2. The topological polar surface area (TPSA) is 114 Å². The van der Waals surface area contributed by atoms with Gasteiger partial charge in [-0.05, 0) is 62.3 Å². The van der Waals surface area contributed by atoms with Gasteiger partial charge in [-0.2, -0.15) is 0 Å². The van der Waals surface area contributed by atoms with Crippen molar-refractivity contribution in [1.29, 1.82) is 0 Å². The van der Waals surface area contributed by atoms with Crippen LogP contribution in [0, 0.1) is 0 Å². The van der Waals surface area contributed by atoms with Gasteiger partial charge in [0.25, 0.3) is 0 Å². The zero-order chi connectivity index (χ0) is 25.4.